The van der Waals surface area contributed by atoms with Crippen molar-refractivity contribution in [1.29, 1.82) is 0 Å². The van der Waals surface area contributed by atoms with Gasteiger partial charge in [-0.2, -0.15) is 0 Å². The lowest BCUT2D eigenvalue weighted by molar-refractivity contribution is -0.120. The molecule has 1 rings (SSSR count). The van der Waals surface area contributed by atoms with Crippen molar-refractivity contribution in [3.8, 4) is 0 Å². The Morgan fingerprint density at radius 2 is 2.60 bits per heavy atom. The van der Waals surface area contributed by atoms with Crippen molar-refractivity contribution in [2.24, 2.45) is 5.73 Å². The van der Waals surface area contributed by atoms with E-state index in [1.54, 1.807) is 11.8 Å². The van der Waals surface area contributed by atoms with E-state index in [0.717, 1.165) is 18.7 Å². The van der Waals surface area contributed by atoms with Gasteiger partial charge in [-0.3, -0.25) is 4.79 Å². The summed E-state index contributed by atoms with van der Waals surface area (Å²) in [5.41, 5.74) is 5.33. The molecule has 0 radical (unpaired) electrons. The van der Waals surface area contributed by atoms with Crippen molar-refractivity contribution in [2.75, 3.05) is 18.8 Å². The van der Waals surface area contributed by atoms with Crippen molar-refractivity contribution in [1.82, 2.24) is 5.32 Å². The molecule has 4 heteroatoms. The Morgan fingerprint density at radius 3 is 3.20 bits per heavy atom. The SMILES string of the molecule is NCCC1SCCNC1=O. The summed E-state index contributed by atoms with van der Waals surface area (Å²) in [7, 11) is 0. The maximum atomic E-state index is 11.0. The fraction of sp³-hybridized carbons (Fsp3) is 0.833. The summed E-state index contributed by atoms with van der Waals surface area (Å²) in [6.45, 7) is 1.41. The standard InChI is InChI=1S/C6H12N2OS/c7-2-1-5-6(9)8-3-4-10-5/h5H,1-4,7H2,(H,8,9). The smallest absolute Gasteiger partial charge is 0.233 e. The Hall–Kier alpha value is -0.220. The van der Waals surface area contributed by atoms with E-state index < -0.39 is 0 Å². The molecule has 1 saturated heterocycles. The van der Waals surface area contributed by atoms with Crippen LogP contribution in [0.1, 0.15) is 6.42 Å². The van der Waals surface area contributed by atoms with E-state index in [9.17, 15) is 4.79 Å². The average Bonchev–Trinajstić information content (AvgIpc) is 1.94. The number of carbonyl (C=O) groups is 1. The van der Waals surface area contributed by atoms with E-state index in [1.165, 1.54) is 0 Å². The molecule has 1 aliphatic heterocycles. The van der Waals surface area contributed by atoms with Gasteiger partial charge in [-0.05, 0) is 13.0 Å². The van der Waals surface area contributed by atoms with Crippen molar-refractivity contribution >= 4 is 17.7 Å². The third-order valence-electron chi connectivity index (χ3n) is 1.44. The highest BCUT2D eigenvalue weighted by Gasteiger charge is 2.20. The molecule has 0 saturated carbocycles. The Kier molecular flexibility index (Phi) is 3.02. The van der Waals surface area contributed by atoms with Crippen molar-refractivity contribution in [3.63, 3.8) is 0 Å². The fourth-order valence-electron chi connectivity index (χ4n) is 0.931. The van der Waals surface area contributed by atoms with E-state index in [2.05, 4.69) is 5.32 Å². The van der Waals surface area contributed by atoms with Crippen molar-refractivity contribution in [3.05, 3.63) is 0 Å². The largest absolute Gasteiger partial charge is 0.354 e. The van der Waals surface area contributed by atoms with Gasteiger partial charge >= 0.3 is 0 Å². The molecule has 0 spiro atoms. The monoisotopic (exact) mass is 160 g/mol. The normalized spacial score (nSPS) is 26.1. The number of nitrogens with one attached hydrogen (secondary N) is 1. The molecule has 1 aliphatic rings. The first-order valence-electron chi connectivity index (χ1n) is 3.44. The second kappa shape index (κ2) is 3.83. The summed E-state index contributed by atoms with van der Waals surface area (Å²) < 4.78 is 0. The minimum atomic E-state index is 0.110. The first-order chi connectivity index (χ1) is 4.84. The van der Waals surface area contributed by atoms with Crippen LogP contribution in [0.15, 0.2) is 0 Å². The number of amides is 1. The zero-order valence-electron chi connectivity index (χ0n) is 5.80. The predicted molar refractivity (Wildman–Crippen MR) is 42.9 cm³/mol. The van der Waals surface area contributed by atoms with Gasteiger partial charge in [0.1, 0.15) is 0 Å². The van der Waals surface area contributed by atoms with Gasteiger partial charge in [0.25, 0.3) is 0 Å². The van der Waals surface area contributed by atoms with E-state index >= 15 is 0 Å². The molecule has 10 heavy (non-hydrogen) atoms. The second-order valence-electron chi connectivity index (χ2n) is 2.23. The number of hydrogen-bond donors (Lipinski definition) is 2. The van der Waals surface area contributed by atoms with Gasteiger partial charge in [0.2, 0.25) is 5.91 Å². The number of carbonyl (C=O) groups excluding carboxylic acids is 1. The van der Waals surface area contributed by atoms with E-state index in [4.69, 9.17) is 5.73 Å². The van der Waals surface area contributed by atoms with Crippen LogP contribution in [0.5, 0.6) is 0 Å². The lowest BCUT2D eigenvalue weighted by Gasteiger charge is -2.20. The van der Waals surface area contributed by atoms with Crippen molar-refractivity contribution in [2.45, 2.75) is 11.7 Å². The third kappa shape index (κ3) is 1.88. The molecule has 1 atom stereocenters. The topological polar surface area (TPSA) is 55.1 Å². The molecular weight excluding hydrogens is 148 g/mol. The second-order valence-corrected chi connectivity index (χ2v) is 3.54. The van der Waals surface area contributed by atoms with Crippen LogP contribution >= 0.6 is 11.8 Å². The first kappa shape index (κ1) is 7.88. The van der Waals surface area contributed by atoms with Gasteiger partial charge < -0.3 is 11.1 Å². The van der Waals surface area contributed by atoms with E-state index in [-0.39, 0.29) is 11.2 Å². The zero-order valence-corrected chi connectivity index (χ0v) is 6.62. The summed E-state index contributed by atoms with van der Waals surface area (Å²) in [6, 6.07) is 0. The van der Waals surface area contributed by atoms with Gasteiger partial charge in [-0.1, -0.05) is 0 Å². The molecule has 3 nitrogen and oxygen atoms in total. The van der Waals surface area contributed by atoms with Crippen LogP contribution in [-0.4, -0.2) is 30.0 Å². The Labute approximate surface area is 64.7 Å². The molecule has 0 aromatic carbocycles. The zero-order chi connectivity index (χ0) is 7.40. The molecule has 1 fully saturated rings. The average molecular weight is 160 g/mol. The molecule has 1 heterocycles. The summed E-state index contributed by atoms with van der Waals surface area (Å²) in [6.07, 6.45) is 0.802. The van der Waals surface area contributed by atoms with Crippen LogP contribution in [0, 0.1) is 0 Å². The summed E-state index contributed by atoms with van der Waals surface area (Å²) >= 11 is 1.70. The van der Waals surface area contributed by atoms with Gasteiger partial charge in [0, 0.05) is 12.3 Å². The van der Waals surface area contributed by atoms with Crippen LogP contribution in [-0.2, 0) is 4.79 Å². The highest BCUT2D eigenvalue weighted by atomic mass is 32.2. The molecule has 58 valence electrons. The predicted octanol–water partition coefficient (Wildman–Crippen LogP) is -0.433. The molecule has 0 aromatic rings. The molecule has 1 unspecified atom stereocenters. The van der Waals surface area contributed by atoms with Crippen molar-refractivity contribution < 1.29 is 4.79 Å². The molecule has 0 aromatic heterocycles. The van der Waals surface area contributed by atoms with E-state index in [0.29, 0.717) is 6.54 Å². The number of thioether (sulfide) groups is 1. The molecule has 3 N–H and O–H groups in total. The molecular formula is C6H12N2OS. The molecule has 1 amide bonds. The number of nitrogens with two attached hydrogens (primary N) is 1. The highest BCUT2D eigenvalue weighted by Crippen LogP contribution is 2.16. The highest BCUT2D eigenvalue weighted by molar-refractivity contribution is 8.00. The van der Waals surface area contributed by atoms with Crippen LogP contribution < -0.4 is 11.1 Å². The quantitative estimate of drug-likeness (QED) is 0.576. The van der Waals surface area contributed by atoms with Gasteiger partial charge in [-0.15, -0.1) is 11.8 Å². The van der Waals surface area contributed by atoms with Crippen LogP contribution in [0.3, 0.4) is 0 Å². The Balaban J connectivity index is 2.32. The first-order valence-corrected chi connectivity index (χ1v) is 4.49. The minimum absolute atomic E-state index is 0.110. The fourth-order valence-corrected chi connectivity index (χ4v) is 1.97. The summed E-state index contributed by atoms with van der Waals surface area (Å²) in [4.78, 5) is 11.0. The Bertz CT molecular complexity index is 127. The lowest BCUT2D eigenvalue weighted by Crippen LogP contribution is -2.40. The van der Waals surface area contributed by atoms with Crippen LogP contribution in [0.25, 0.3) is 0 Å². The van der Waals surface area contributed by atoms with Gasteiger partial charge in [0.05, 0.1) is 5.25 Å². The van der Waals surface area contributed by atoms with Crippen LogP contribution in [0.4, 0.5) is 0 Å². The molecule has 0 bridgehead atoms. The maximum Gasteiger partial charge on any atom is 0.233 e. The lowest BCUT2D eigenvalue weighted by atomic mass is 10.3. The number of rotatable bonds is 2. The number of hydrogen-bond acceptors (Lipinski definition) is 3. The summed E-state index contributed by atoms with van der Waals surface area (Å²) in [5, 5.41) is 2.91. The van der Waals surface area contributed by atoms with Gasteiger partial charge in [0.15, 0.2) is 0 Å². The third-order valence-corrected chi connectivity index (χ3v) is 2.73. The van der Waals surface area contributed by atoms with Crippen LogP contribution in [0.2, 0.25) is 0 Å². The maximum absolute atomic E-state index is 11.0. The van der Waals surface area contributed by atoms with E-state index in [1.807, 2.05) is 0 Å². The molecule has 0 aliphatic carbocycles. The minimum Gasteiger partial charge on any atom is -0.354 e. The van der Waals surface area contributed by atoms with Gasteiger partial charge in [-0.25, -0.2) is 0 Å². The summed E-state index contributed by atoms with van der Waals surface area (Å²) in [5.74, 6) is 1.18. The Morgan fingerprint density at radius 1 is 1.80 bits per heavy atom.